The summed E-state index contributed by atoms with van der Waals surface area (Å²) in [5.41, 5.74) is 10.1. The fourth-order valence-electron chi connectivity index (χ4n) is 6.95. The topological polar surface area (TPSA) is 38.9 Å². The van der Waals surface area contributed by atoms with Crippen molar-refractivity contribution in [3.63, 3.8) is 0 Å². The third-order valence-corrected chi connectivity index (χ3v) is 10.4. The minimum Gasteiger partial charge on any atom is -0.456 e. The molecule has 0 aliphatic rings. The third-order valence-electron chi connectivity index (χ3n) is 9.27. The van der Waals surface area contributed by atoms with Gasteiger partial charge in [0.15, 0.2) is 5.82 Å². The lowest BCUT2D eigenvalue weighted by atomic mass is 9.95. The van der Waals surface area contributed by atoms with Crippen molar-refractivity contribution in [1.82, 2.24) is 9.97 Å². The number of thiophene rings is 1. The Kier molecular flexibility index (Phi) is 6.05. The summed E-state index contributed by atoms with van der Waals surface area (Å²) in [5.74, 6) is 0.687. The van der Waals surface area contributed by atoms with Gasteiger partial charge in [0, 0.05) is 32.0 Å². The van der Waals surface area contributed by atoms with Crippen LogP contribution in [0.3, 0.4) is 0 Å². The lowest BCUT2D eigenvalue weighted by Crippen LogP contribution is -1.95. The molecule has 0 atom stereocenters. The molecule has 0 amide bonds. The smallest absolute Gasteiger partial charge is 0.161 e. The van der Waals surface area contributed by atoms with E-state index in [2.05, 4.69) is 146 Å². The van der Waals surface area contributed by atoms with Gasteiger partial charge < -0.3 is 4.42 Å². The second-order valence-electron chi connectivity index (χ2n) is 12.2. The minimum absolute atomic E-state index is 0.687. The molecular formula is C44H26N2OS. The van der Waals surface area contributed by atoms with E-state index in [1.54, 1.807) is 11.3 Å². The molecule has 0 bridgehead atoms. The molecule has 10 aromatic rings. The first-order valence-electron chi connectivity index (χ1n) is 16.1. The van der Waals surface area contributed by atoms with Crippen molar-refractivity contribution < 1.29 is 4.42 Å². The van der Waals surface area contributed by atoms with Crippen molar-refractivity contribution in [2.75, 3.05) is 0 Å². The van der Waals surface area contributed by atoms with E-state index >= 15 is 0 Å². The van der Waals surface area contributed by atoms with Crippen LogP contribution in [0.4, 0.5) is 0 Å². The summed E-state index contributed by atoms with van der Waals surface area (Å²) in [5, 5.41) is 5.62. The van der Waals surface area contributed by atoms with E-state index in [0.29, 0.717) is 5.82 Å². The molecular weight excluding hydrogens is 605 g/mol. The van der Waals surface area contributed by atoms with Gasteiger partial charge >= 0.3 is 0 Å². The van der Waals surface area contributed by atoms with Crippen LogP contribution in [0.25, 0.3) is 97.9 Å². The summed E-state index contributed by atoms with van der Waals surface area (Å²) in [6.45, 7) is 0. The predicted octanol–water partition coefficient (Wildman–Crippen LogP) is 12.6. The molecule has 0 aliphatic carbocycles. The van der Waals surface area contributed by atoms with Crippen LogP contribution in [0.2, 0.25) is 0 Å². The highest BCUT2D eigenvalue weighted by atomic mass is 32.1. The summed E-state index contributed by atoms with van der Waals surface area (Å²) < 4.78 is 8.84. The monoisotopic (exact) mass is 630 g/mol. The Morgan fingerprint density at radius 2 is 1.19 bits per heavy atom. The van der Waals surface area contributed by atoms with Crippen LogP contribution in [0.15, 0.2) is 162 Å². The van der Waals surface area contributed by atoms with E-state index in [9.17, 15) is 0 Å². The maximum absolute atomic E-state index is 6.54. The summed E-state index contributed by atoms with van der Waals surface area (Å²) in [4.78, 5) is 10.8. The first kappa shape index (κ1) is 27.1. The first-order chi connectivity index (χ1) is 23.8. The van der Waals surface area contributed by atoms with Gasteiger partial charge in [-0.15, -0.1) is 11.3 Å². The molecule has 0 spiro atoms. The van der Waals surface area contributed by atoms with Gasteiger partial charge in [-0.05, 0) is 69.4 Å². The number of nitrogens with zero attached hydrogens (tertiary/aromatic N) is 2. The van der Waals surface area contributed by atoms with Gasteiger partial charge in [-0.2, -0.15) is 0 Å². The Bertz CT molecular complexity index is 2850. The second-order valence-corrected chi connectivity index (χ2v) is 13.2. The molecule has 3 nitrogen and oxygen atoms in total. The minimum atomic E-state index is 0.687. The summed E-state index contributed by atoms with van der Waals surface area (Å²) in [6.07, 6.45) is 0. The van der Waals surface area contributed by atoms with Crippen LogP contribution >= 0.6 is 11.3 Å². The fourth-order valence-corrected chi connectivity index (χ4v) is 8.10. The highest BCUT2D eigenvalue weighted by molar-refractivity contribution is 7.26. The van der Waals surface area contributed by atoms with E-state index in [-0.39, 0.29) is 0 Å². The fraction of sp³-hybridized carbons (Fsp3) is 0. The molecule has 0 N–H and O–H groups in total. The average molecular weight is 631 g/mol. The zero-order valence-electron chi connectivity index (χ0n) is 25.7. The van der Waals surface area contributed by atoms with Crippen LogP contribution in [0, 0.1) is 0 Å². The summed E-state index contributed by atoms with van der Waals surface area (Å²) in [7, 11) is 0. The maximum atomic E-state index is 6.54. The first-order valence-corrected chi connectivity index (χ1v) is 16.9. The van der Waals surface area contributed by atoms with E-state index in [4.69, 9.17) is 14.4 Å². The van der Waals surface area contributed by atoms with Crippen LogP contribution in [0.1, 0.15) is 0 Å². The predicted molar refractivity (Wildman–Crippen MR) is 201 cm³/mol. The quantitative estimate of drug-likeness (QED) is 0.194. The average Bonchev–Trinajstić information content (AvgIpc) is 3.73. The molecule has 224 valence electrons. The molecule has 10 rings (SSSR count). The van der Waals surface area contributed by atoms with Gasteiger partial charge in [0.25, 0.3) is 0 Å². The number of rotatable bonds is 4. The molecule has 0 fully saturated rings. The zero-order valence-corrected chi connectivity index (χ0v) is 26.5. The lowest BCUT2D eigenvalue weighted by molar-refractivity contribution is 0.669. The summed E-state index contributed by atoms with van der Waals surface area (Å²) >= 11 is 1.76. The number of aromatic nitrogens is 2. The molecule has 0 unspecified atom stereocenters. The van der Waals surface area contributed by atoms with E-state index < -0.39 is 0 Å². The Morgan fingerprint density at radius 1 is 0.458 bits per heavy atom. The Hall–Kier alpha value is -6.10. The van der Waals surface area contributed by atoms with E-state index in [0.717, 1.165) is 65.5 Å². The van der Waals surface area contributed by atoms with Gasteiger partial charge in [0.2, 0.25) is 0 Å². The maximum Gasteiger partial charge on any atom is 0.161 e. The van der Waals surface area contributed by atoms with Gasteiger partial charge in [0.1, 0.15) is 11.2 Å². The number of furan rings is 1. The Labute approximate surface area is 280 Å². The molecule has 48 heavy (non-hydrogen) atoms. The van der Waals surface area contributed by atoms with Crippen molar-refractivity contribution >= 4 is 64.4 Å². The molecule has 3 aromatic heterocycles. The van der Waals surface area contributed by atoms with Gasteiger partial charge in [-0.3, -0.25) is 0 Å². The zero-order chi connectivity index (χ0) is 31.6. The lowest BCUT2D eigenvalue weighted by Gasteiger charge is -2.11. The number of para-hydroxylation sites is 1. The second kappa shape index (κ2) is 10.7. The van der Waals surface area contributed by atoms with Crippen LogP contribution < -0.4 is 0 Å². The number of hydrogen-bond donors (Lipinski definition) is 0. The SMILES string of the molecule is c1ccc(-c2cccc(-c3cc(-c4nc(-c5ccc6ccccc6c5)c5sc6ccccc6c5n4)c4c(c3)oc3ccccc34)c2)cc1. The van der Waals surface area contributed by atoms with Crippen LogP contribution in [0.5, 0.6) is 0 Å². The van der Waals surface area contributed by atoms with Crippen molar-refractivity contribution in [3.05, 3.63) is 158 Å². The third kappa shape index (κ3) is 4.34. The van der Waals surface area contributed by atoms with Gasteiger partial charge in [-0.25, -0.2) is 9.97 Å². The van der Waals surface area contributed by atoms with Crippen molar-refractivity contribution in [2.45, 2.75) is 0 Å². The number of fused-ring (bicyclic) bond motifs is 7. The van der Waals surface area contributed by atoms with Gasteiger partial charge in [-0.1, -0.05) is 121 Å². The van der Waals surface area contributed by atoms with Crippen molar-refractivity contribution in [3.8, 4) is 44.9 Å². The number of benzene rings is 7. The molecule has 0 aliphatic heterocycles. The van der Waals surface area contributed by atoms with Crippen LogP contribution in [-0.4, -0.2) is 9.97 Å². The molecule has 7 aromatic carbocycles. The molecule has 0 radical (unpaired) electrons. The standard InChI is InChI=1S/C44H26N2OS/c1-2-11-27(12-3-1)30-15-10-16-31(23-30)33-25-36(40-34-17-6-8-19-37(34)47-38(40)26-33)44-45-41(32-22-21-28-13-4-5-14-29(28)24-32)43-42(46-44)35-18-7-9-20-39(35)48-43/h1-26H. The summed E-state index contributed by atoms with van der Waals surface area (Å²) in [6, 6.07) is 55.5. The highest BCUT2D eigenvalue weighted by Gasteiger charge is 2.21. The molecule has 0 saturated heterocycles. The van der Waals surface area contributed by atoms with Crippen molar-refractivity contribution in [2.24, 2.45) is 0 Å². The normalized spacial score (nSPS) is 11.8. The largest absolute Gasteiger partial charge is 0.456 e. The Morgan fingerprint density at radius 3 is 2.08 bits per heavy atom. The van der Waals surface area contributed by atoms with Crippen molar-refractivity contribution in [1.29, 1.82) is 0 Å². The Balaban J connectivity index is 1.28. The number of hydrogen-bond acceptors (Lipinski definition) is 4. The van der Waals surface area contributed by atoms with Crippen LogP contribution in [-0.2, 0) is 0 Å². The molecule has 4 heteroatoms. The molecule has 3 heterocycles. The van der Waals surface area contributed by atoms with E-state index in [1.807, 2.05) is 12.1 Å². The van der Waals surface area contributed by atoms with Gasteiger partial charge in [0.05, 0.1) is 15.9 Å². The highest BCUT2D eigenvalue weighted by Crippen LogP contribution is 2.43. The molecule has 0 saturated carbocycles. The van der Waals surface area contributed by atoms with E-state index in [1.165, 1.54) is 26.6 Å².